The first-order chi connectivity index (χ1) is 7.84. The third-order valence-electron chi connectivity index (χ3n) is 1.93. The molecule has 0 aliphatic carbocycles. The topological polar surface area (TPSA) is 34.5 Å². The third-order valence-corrected chi connectivity index (χ3v) is 1.93. The fourth-order valence-electron chi connectivity index (χ4n) is 1.26. The zero-order valence-electron chi connectivity index (χ0n) is 9.00. The molecule has 0 aliphatic rings. The Labute approximate surface area is 94.4 Å². The van der Waals surface area contributed by atoms with Crippen LogP contribution in [0, 0.1) is 0 Å². The molecule has 1 aromatic carbocycles. The molecule has 0 saturated heterocycles. The molecule has 1 heterocycles. The van der Waals surface area contributed by atoms with Gasteiger partial charge in [0.2, 0.25) is 0 Å². The van der Waals surface area contributed by atoms with Gasteiger partial charge < -0.3 is 4.74 Å². The average Bonchev–Trinajstić information content (AvgIpc) is 2.31. The van der Waals surface area contributed by atoms with Crippen molar-refractivity contribution < 1.29 is 4.74 Å². The Morgan fingerprint density at radius 3 is 2.50 bits per heavy atom. The predicted molar refractivity (Wildman–Crippen MR) is 64.1 cm³/mol. The molecule has 0 spiro atoms. The van der Waals surface area contributed by atoms with Crippen LogP contribution in [0.3, 0.4) is 0 Å². The predicted octanol–water partition coefficient (Wildman–Crippen LogP) is 3.21. The van der Waals surface area contributed by atoms with Crippen molar-refractivity contribution >= 4 is 11.7 Å². The Kier molecular flexibility index (Phi) is 3.28. The summed E-state index contributed by atoms with van der Waals surface area (Å²) >= 11 is 0. The highest BCUT2D eigenvalue weighted by Crippen LogP contribution is 2.11. The van der Waals surface area contributed by atoms with E-state index in [4.69, 9.17) is 4.74 Å². The largest absolute Gasteiger partial charge is 0.443 e. The molecule has 1 aromatic heterocycles. The summed E-state index contributed by atoms with van der Waals surface area (Å²) in [6, 6.07) is 15.1. The number of ether oxygens (including phenoxy) is 1. The maximum atomic E-state index is 5.53. The van der Waals surface area contributed by atoms with E-state index >= 15 is 0 Å². The zero-order valence-corrected chi connectivity index (χ0v) is 9.00. The van der Waals surface area contributed by atoms with Gasteiger partial charge >= 0.3 is 0 Å². The SMILES string of the molecule is CC(=Nc1ccccn1)Oc1ccccc1. The van der Waals surface area contributed by atoms with Gasteiger partial charge in [-0.15, -0.1) is 0 Å². The van der Waals surface area contributed by atoms with Crippen LogP contribution in [0.4, 0.5) is 5.82 Å². The average molecular weight is 212 g/mol. The fraction of sp³-hybridized carbons (Fsp3) is 0.0769. The number of aliphatic imine (C=N–C) groups is 1. The van der Waals surface area contributed by atoms with Crippen molar-refractivity contribution in [2.75, 3.05) is 0 Å². The van der Waals surface area contributed by atoms with Gasteiger partial charge in [-0.1, -0.05) is 24.3 Å². The normalized spacial score (nSPS) is 11.2. The molecule has 0 bridgehead atoms. The van der Waals surface area contributed by atoms with Crippen LogP contribution in [0.25, 0.3) is 0 Å². The van der Waals surface area contributed by atoms with E-state index in [0.717, 1.165) is 5.75 Å². The van der Waals surface area contributed by atoms with Crippen LogP contribution < -0.4 is 4.74 Å². The first kappa shape index (κ1) is 10.4. The quantitative estimate of drug-likeness (QED) is 0.566. The Morgan fingerprint density at radius 1 is 1.06 bits per heavy atom. The van der Waals surface area contributed by atoms with E-state index in [9.17, 15) is 0 Å². The molecule has 16 heavy (non-hydrogen) atoms. The van der Waals surface area contributed by atoms with Gasteiger partial charge in [0.15, 0.2) is 11.7 Å². The zero-order chi connectivity index (χ0) is 11.2. The summed E-state index contributed by atoms with van der Waals surface area (Å²) in [6.07, 6.45) is 1.70. The maximum absolute atomic E-state index is 5.53. The van der Waals surface area contributed by atoms with Gasteiger partial charge in [-0.2, -0.15) is 4.99 Å². The molecular weight excluding hydrogens is 200 g/mol. The number of para-hydroxylation sites is 1. The lowest BCUT2D eigenvalue weighted by molar-refractivity contribution is 0.547. The van der Waals surface area contributed by atoms with E-state index in [2.05, 4.69) is 9.98 Å². The molecular formula is C13H12N2O. The molecule has 0 amide bonds. The first-order valence-electron chi connectivity index (χ1n) is 5.04. The van der Waals surface area contributed by atoms with Crippen LogP contribution in [0.1, 0.15) is 6.92 Å². The van der Waals surface area contributed by atoms with E-state index in [1.54, 1.807) is 6.20 Å². The van der Waals surface area contributed by atoms with Crippen molar-refractivity contribution in [3.63, 3.8) is 0 Å². The van der Waals surface area contributed by atoms with E-state index in [-0.39, 0.29) is 0 Å². The summed E-state index contributed by atoms with van der Waals surface area (Å²) in [4.78, 5) is 8.33. The molecule has 3 nitrogen and oxygen atoms in total. The summed E-state index contributed by atoms with van der Waals surface area (Å²) in [5.41, 5.74) is 0. The monoisotopic (exact) mass is 212 g/mol. The second kappa shape index (κ2) is 5.07. The molecule has 0 aliphatic heterocycles. The van der Waals surface area contributed by atoms with Crippen LogP contribution in [-0.4, -0.2) is 10.9 Å². The van der Waals surface area contributed by atoms with Gasteiger partial charge in [-0.05, 0) is 24.3 Å². The first-order valence-corrected chi connectivity index (χ1v) is 5.04. The maximum Gasteiger partial charge on any atom is 0.193 e. The molecule has 0 radical (unpaired) electrons. The smallest absolute Gasteiger partial charge is 0.193 e. The molecule has 0 atom stereocenters. The van der Waals surface area contributed by atoms with Crippen molar-refractivity contribution in [1.82, 2.24) is 4.98 Å². The minimum absolute atomic E-state index is 0.574. The summed E-state index contributed by atoms with van der Waals surface area (Å²) in [5, 5.41) is 0. The third kappa shape index (κ3) is 2.92. The summed E-state index contributed by atoms with van der Waals surface area (Å²) in [5.74, 6) is 2.00. The van der Waals surface area contributed by atoms with Crippen LogP contribution >= 0.6 is 0 Å². The van der Waals surface area contributed by atoms with Crippen LogP contribution in [0.15, 0.2) is 59.7 Å². The molecule has 3 heteroatoms. The van der Waals surface area contributed by atoms with Crippen molar-refractivity contribution in [3.05, 3.63) is 54.7 Å². The Balaban J connectivity index is 2.09. The number of pyridine rings is 1. The molecule has 0 unspecified atom stereocenters. The Morgan fingerprint density at radius 2 is 1.81 bits per heavy atom. The standard InChI is InChI=1S/C13H12N2O/c1-11(15-13-9-5-6-10-14-13)16-12-7-3-2-4-8-12/h2-10H,1H3. The van der Waals surface area contributed by atoms with E-state index in [1.807, 2.05) is 55.5 Å². The van der Waals surface area contributed by atoms with Crippen molar-refractivity contribution in [1.29, 1.82) is 0 Å². The van der Waals surface area contributed by atoms with Gasteiger partial charge in [-0.25, -0.2) is 4.98 Å². The van der Waals surface area contributed by atoms with Gasteiger partial charge in [0, 0.05) is 13.1 Å². The summed E-state index contributed by atoms with van der Waals surface area (Å²) < 4.78 is 5.53. The number of aromatic nitrogens is 1. The molecule has 2 aromatic rings. The van der Waals surface area contributed by atoms with Crippen LogP contribution in [0.2, 0.25) is 0 Å². The molecule has 0 saturated carbocycles. The second-order valence-corrected chi connectivity index (χ2v) is 3.23. The highest BCUT2D eigenvalue weighted by Gasteiger charge is 1.96. The molecule has 0 N–H and O–H groups in total. The van der Waals surface area contributed by atoms with Crippen LogP contribution in [-0.2, 0) is 0 Å². The van der Waals surface area contributed by atoms with Gasteiger partial charge in [0.25, 0.3) is 0 Å². The minimum atomic E-state index is 0.574. The molecule has 0 fully saturated rings. The van der Waals surface area contributed by atoms with Crippen molar-refractivity contribution in [2.24, 2.45) is 4.99 Å². The second-order valence-electron chi connectivity index (χ2n) is 3.23. The van der Waals surface area contributed by atoms with E-state index in [0.29, 0.717) is 11.7 Å². The van der Waals surface area contributed by atoms with Crippen LogP contribution in [0.5, 0.6) is 5.75 Å². The number of hydrogen-bond donors (Lipinski definition) is 0. The number of hydrogen-bond acceptors (Lipinski definition) is 3. The highest BCUT2D eigenvalue weighted by atomic mass is 16.5. The van der Waals surface area contributed by atoms with Gasteiger partial charge in [0.1, 0.15) is 5.75 Å². The lowest BCUT2D eigenvalue weighted by Gasteiger charge is -2.03. The van der Waals surface area contributed by atoms with Crippen molar-refractivity contribution in [3.8, 4) is 5.75 Å². The number of nitrogens with zero attached hydrogens (tertiary/aromatic N) is 2. The Hall–Kier alpha value is -2.16. The summed E-state index contributed by atoms with van der Waals surface area (Å²) in [7, 11) is 0. The number of rotatable bonds is 2. The molecule has 2 rings (SSSR count). The minimum Gasteiger partial charge on any atom is -0.443 e. The fourth-order valence-corrected chi connectivity index (χ4v) is 1.26. The lowest BCUT2D eigenvalue weighted by atomic mass is 10.3. The van der Waals surface area contributed by atoms with E-state index < -0.39 is 0 Å². The highest BCUT2D eigenvalue weighted by molar-refractivity contribution is 5.78. The van der Waals surface area contributed by atoms with Gasteiger partial charge in [-0.3, -0.25) is 0 Å². The van der Waals surface area contributed by atoms with E-state index in [1.165, 1.54) is 0 Å². The van der Waals surface area contributed by atoms with Gasteiger partial charge in [0.05, 0.1) is 0 Å². The molecule has 80 valence electrons. The number of benzene rings is 1. The van der Waals surface area contributed by atoms with Crippen molar-refractivity contribution in [2.45, 2.75) is 6.92 Å². The lowest BCUT2D eigenvalue weighted by Crippen LogP contribution is -2.02. The summed E-state index contributed by atoms with van der Waals surface area (Å²) in [6.45, 7) is 1.81. The Bertz CT molecular complexity index is 466.